The third-order valence-electron chi connectivity index (χ3n) is 3.44. The van der Waals surface area contributed by atoms with Gasteiger partial charge in [0.25, 0.3) is 0 Å². The molecule has 1 heterocycles. The van der Waals surface area contributed by atoms with Crippen molar-refractivity contribution in [2.75, 3.05) is 20.2 Å². The van der Waals surface area contributed by atoms with Gasteiger partial charge in [-0.05, 0) is 46.6 Å². The molecule has 1 aliphatic rings. The standard InChI is InChI=1S/C15H26N2O2S/c1-11(2)19-10-12(18)8-17(3)9-15-16-13-6-4-5-7-14(13)20-15/h11-12,18H,4-10H2,1-3H3. The van der Waals surface area contributed by atoms with Gasteiger partial charge in [0.05, 0.1) is 31.1 Å². The number of rotatable bonds is 7. The van der Waals surface area contributed by atoms with Crippen LogP contribution in [0.2, 0.25) is 0 Å². The van der Waals surface area contributed by atoms with E-state index in [1.54, 1.807) is 0 Å². The van der Waals surface area contributed by atoms with Gasteiger partial charge in [0.1, 0.15) is 5.01 Å². The summed E-state index contributed by atoms with van der Waals surface area (Å²) in [5, 5.41) is 11.1. The summed E-state index contributed by atoms with van der Waals surface area (Å²) in [6, 6.07) is 0. The van der Waals surface area contributed by atoms with E-state index in [0.29, 0.717) is 13.2 Å². The molecule has 0 saturated carbocycles. The van der Waals surface area contributed by atoms with Crippen molar-refractivity contribution in [3.63, 3.8) is 0 Å². The number of aryl methyl sites for hydroxylation is 2. The highest BCUT2D eigenvalue weighted by atomic mass is 32.1. The zero-order valence-corrected chi connectivity index (χ0v) is 13.6. The maximum atomic E-state index is 9.92. The molecule has 0 aromatic carbocycles. The molecular formula is C15H26N2O2S. The molecule has 20 heavy (non-hydrogen) atoms. The van der Waals surface area contributed by atoms with Crippen LogP contribution in [0.25, 0.3) is 0 Å². The molecule has 0 saturated heterocycles. The van der Waals surface area contributed by atoms with Crippen LogP contribution < -0.4 is 0 Å². The van der Waals surface area contributed by atoms with Gasteiger partial charge in [-0.1, -0.05) is 0 Å². The summed E-state index contributed by atoms with van der Waals surface area (Å²) in [7, 11) is 2.03. The number of likely N-dealkylation sites (N-methyl/N-ethyl adjacent to an activating group) is 1. The van der Waals surface area contributed by atoms with E-state index in [9.17, 15) is 5.11 Å². The first-order chi connectivity index (χ1) is 9.54. The van der Waals surface area contributed by atoms with Crippen molar-refractivity contribution in [2.45, 2.75) is 58.3 Å². The molecule has 0 spiro atoms. The minimum atomic E-state index is -0.433. The van der Waals surface area contributed by atoms with Crippen LogP contribution in [-0.4, -0.2) is 47.4 Å². The molecule has 1 unspecified atom stereocenters. The predicted octanol–water partition coefficient (Wildman–Crippen LogP) is 2.24. The number of thiazole rings is 1. The first-order valence-electron chi connectivity index (χ1n) is 7.50. The third kappa shape index (κ3) is 4.81. The molecule has 1 aromatic rings. The molecule has 2 rings (SSSR count). The fourth-order valence-electron chi connectivity index (χ4n) is 2.48. The van der Waals surface area contributed by atoms with Crippen LogP contribution in [0.1, 0.15) is 42.3 Å². The number of fused-ring (bicyclic) bond motifs is 1. The van der Waals surface area contributed by atoms with Crippen LogP contribution in [0.4, 0.5) is 0 Å². The smallest absolute Gasteiger partial charge is 0.107 e. The summed E-state index contributed by atoms with van der Waals surface area (Å²) in [6.45, 7) is 5.80. The average Bonchev–Trinajstić information content (AvgIpc) is 2.78. The molecule has 1 N–H and O–H groups in total. The highest BCUT2D eigenvalue weighted by molar-refractivity contribution is 7.11. The van der Waals surface area contributed by atoms with Gasteiger partial charge in [0, 0.05) is 11.4 Å². The minimum absolute atomic E-state index is 0.167. The average molecular weight is 298 g/mol. The van der Waals surface area contributed by atoms with Gasteiger partial charge in [0.2, 0.25) is 0 Å². The molecule has 114 valence electrons. The van der Waals surface area contributed by atoms with Crippen molar-refractivity contribution in [1.82, 2.24) is 9.88 Å². The monoisotopic (exact) mass is 298 g/mol. The van der Waals surface area contributed by atoms with Gasteiger partial charge in [-0.3, -0.25) is 4.90 Å². The maximum absolute atomic E-state index is 9.92. The highest BCUT2D eigenvalue weighted by Crippen LogP contribution is 2.27. The number of hydrogen-bond acceptors (Lipinski definition) is 5. The van der Waals surface area contributed by atoms with Crippen molar-refractivity contribution >= 4 is 11.3 Å². The topological polar surface area (TPSA) is 45.6 Å². The fourth-order valence-corrected chi connectivity index (χ4v) is 3.72. The Morgan fingerprint density at radius 3 is 2.80 bits per heavy atom. The number of aliphatic hydroxyl groups excluding tert-OH is 1. The Kier molecular flexibility index (Phi) is 5.96. The van der Waals surface area contributed by atoms with E-state index in [-0.39, 0.29) is 6.10 Å². The van der Waals surface area contributed by atoms with Crippen molar-refractivity contribution in [3.05, 3.63) is 15.6 Å². The molecule has 1 atom stereocenters. The number of hydrogen-bond donors (Lipinski definition) is 1. The summed E-state index contributed by atoms with van der Waals surface area (Å²) in [4.78, 5) is 8.34. The Hall–Kier alpha value is -0.490. The summed E-state index contributed by atoms with van der Waals surface area (Å²) in [5.41, 5.74) is 1.31. The molecule has 1 aliphatic carbocycles. The van der Waals surface area contributed by atoms with Crippen molar-refractivity contribution < 1.29 is 9.84 Å². The molecule has 0 aliphatic heterocycles. The van der Waals surface area contributed by atoms with E-state index >= 15 is 0 Å². The van der Waals surface area contributed by atoms with Crippen LogP contribution in [0.15, 0.2) is 0 Å². The predicted molar refractivity (Wildman–Crippen MR) is 82.2 cm³/mol. The lowest BCUT2D eigenvalue weighted by Gasteiger charge is -2.20. The first kappa shape index (κ1) is 15.9. The molecular weight excluding hydrogens is 272 g/mol. The number of aromatic nitrogens is 1. The molecule has 0 fully saturated rings. The Morgan fingerprint density at radius 2 is 2.10 bits per heavy atom. The van der Waals surface area contributed by atoms with Gasteiger partial charge >= 0.3 is 0 Å². The third-order valence-corrected chi connectivity index (χ3v) is 4.58. The zero-order chi connectivity index (χ0) is 14.5. The van der Waals surface area contributed by atoms with Crippen molar-refractivity contribution in [1.29, 1.82) is 0 Å². The Morgan fingerprint density at radius 1 is 1.35 bits per heavy atom. The van der Waals surface area contributed by atoms with Crippen LogP contribution >= 0.6 is 11.3 Å². The first-order valence-corrected chi connectivity index (χ1v) is 8.32. The van der Waals surface area contributed by atoms with E-state index in [1.807, 2.05) is 32.2 Å². The fraction of sp³-hybridized carbons (Fsp3) is 0.800. The van der Waals surface area contributed by atoms with E-state index in [1.165, 1.54) is 34.8 Å². The molecule has 4 nitrogen and oxygen atoms in total. The Balaban J connectivity index is 1.79. The molecule has 0 radical (unpaired) electrons. The number of ether oxygens (including phenoxy) is 1. The number of aliphatic hydroxyl groups is 1. The molecule has 0 bridgehead atoms. The highest BCUT2D eigenvalue weighted by Gasteiger charge is 2.17. The zero-order valence-electron chi connectivity index (χ0n) is 12.8. The van der Waals surface area contributed by atoms with Crippen LogP contribution in [0.3, 0.4) is 0 Å². The minimum Gasteiger partial charge on any atom is -0.389 e. The Bertz CT molecular complexity index is 397. The lowest BCUT2D eigenvalue weighted by Crippen LogP contribution is -2.32. The maximum Gasteiger partial charge on any atom is 0.107 e. The van der Waals surface area contributed by atoms with Gasteiger partial charge in [-0.2, -0.15) is 0 Å². The summed E-state index contributed by atoms with van der Waals surface area (Å²) in [6.07, 6.45) is 4.65. The molecule has 5 heteroatoms. The Labute approximate surface area is 125 Å². The van der Waals surface area contributed by atoms with Crippen LogP contribution in [0, 0.1) is 0 Å². The van der Waals surface area contributed by atoms with Crippen molar-refractivity contribution in [2.24, 2.45) is 0 Å². The van der Waals surface area contributed by atoms with Crippen LogP contribution in [-0.2, 0) is 24.1 Å². The summed E-state index contributed by atoms with van der Waals surface area (Å²) < 4.78 is 5.43. The van der Waals surface area contributed by atoms with Gasteiger partial charge in [-0.25, -0.2) is 4.98 Å². The summed E-state index contributed by atoms with van der Waals surface area (Å²) in [5.74, 6) is 0. The second-order valence-electron chi connectivity index (χ2n) is 5.92. The van der Waals surface area contributed by atoms with Crippen LogP contribution in [0.5, 0.6) is 0 Å². The lowest BCUT2D eigenvalue weighted by atomic mass is 10.0. The second kappa shape index (κ2) is 7.50. The van der Waals surface area contributed by atoms with E-state index in [0.717, 1.165) is 13.0 Å². The van der Waals surface area contributed by atoms with E-state index in [2.05, 4.69) is 4.90 Å². The molecule has 0 amide bonds. The van der Waals surface area contributed by atoms with Gasteiger partial charge < -0.3 is 9.84 Å². The summed E-state index contributed by atoms with van der Waals surface area (Å²) >= 11 is 1.84. The lowest BCUT2D eigenvalue weighted by molar-refractivity contribution is -0.00635. The number of nitrogens with zero attached hydrogens (tertiary/aromatic N) is 2. The second-order valence-corrected chi connectivity index (χ2v) is 7.09. The largest absolute Gasteiger partial charge is 0.389 e. The van der Waals surface area contributed by atoms with E-state index < -0.39 is 6.10 Å². The normalized spacial score (nSPS) is 16.7. The SMILES string of the molecule is CC(C)OCC(O)CN(C)Cc1nc2c(s1)CCCC2. The quantitative estimate of drug-likeness (QED) is 0.838. The van der Waals surface area contributed by atoms with Gasteiger partial charge in [0.15, 0.2) is 0 Å². The van der Waals surface area contributed by atoms with Gasteiger partial charge in [-0.15, -0.1) is 11.3 Å². The molecule has 1 aromatic heterocycles. The van der Waals surface area contributed by atoms with Crippen molar-refractivity contribution in [3.8, 4) is 0 Å². The van der Waals surface area contributed by atoms with E-state index in [4.69, 9.17) is 9.72 Å².